The van der Waals surface area contributed by atoms with E-state index in [0.29, 0.717) is 12.2 Å². The van der Waals surface area contributed by atoms with Crippen molar-refractivity contribution in [2.75, 3.05) is 6.61 Å². The zero-order valence-corrected chi connectivity index (χ0v) is 11.2. The minimum absolute atomic E-state index is 0.0714. The smallest absolute Gasteiger partial charge is 0.253 e. The van der Waals surface area contributed by atoms with Crippen LogP contribution < -0.4 is 5.32 Å². The minimum atomic E-state index is -0.0714. The maximum absolute atomic E-state index is 12.0. The normalized spacial score (nSPS) is 24.4. The molecule has 92 valence electrons. The number of aromatic nitrogens is 1. The van der Waals surface area contributed by atoms with Gasteiger partial charge in [-0.2, -0.15) is 0 Å². The van der Waals surface area contributed by atoms with E-state index in [1.807, 2.05) is 6.92 Å². The Labute approximate surface area is 109 Å². The second-order valence-electron chi connectivity index (χ2n) is 4.27. The number of rotatable bonds is 2. The first-order valence-corrected chi connectivity index (χ1v) is 6.47. The molecule has 0 aliphatic carbocycles. The van der Waals surface area contributed by atoms with Gasteiger partial charge >= 0.3 is 0 Å². The molecule has 1 amide bonds. The molecule has 2 rings (SSSR count). The third-order valence-electron chi connectivity index (χ3n) is 2.79. The maximum atomic E-state index is 12.0. The van der Waals surface area contributed by atoms with Crippen molar-refractivity contribution in [3.63, 3.8) is 0 Å². The number of nitrogens with zero attached hydrogens (tertiary/aromatic N) is 1. The van der Waals surface area contributed by atoms with Crippen molar-refractivity contribution in [2.24, 2.45) is 0 Å². The number of carbonyl (C=O) groups is 1. The van der Waals surface area contributed by atoms with E-state index in [2.05, 4.69) is 26.2 Å². The van der Waals surface area contributed by atoms with Gasteiger partial charge in [-0.25, -0.2) is 0 Å². The highest BCUT2D eigenvalue weighted by Gasteiger charge is 2.21. The van der Waals surface area contributed by atoms with Gasteiger partial charge in [0.15, 0.2) is 0 Å². The van der Waals surface area contributed by atoms with Gasteiger partial charge in [-0.3, -0.25) is 9.78 Å². The summed E-state index contributed by atoms with van der Waals surface area (Å²) >= 11 is 3.30. The van der Waals surface area contributed by atoms with Crippen molar-refractivity contribution in [1.29, 1.82) is 0 Å². The van der Waals surface area contributed by atoms with Crippen molar-refractivity contribution in [3.8, 4) is 0 Å². The SMILES string of the molecule is CC1CC(NC(=O)c2cncc(Br)c2)CCO1. The van der Waals surface area contributed by atoms with E-state index < -0.39 is 0 Å². The lowest BCUT2D eigenvalue weighted by atomic mass is 10.0. The van der Waals surface area contributed by atoms with Gasteiger partial charge < -0.3 is 10.1 Å². The number of hydrogen-bond donors (Lipinski definition) is 1. The van der Waals surface area contributed by atoms with Crippen LogP contribution in [-0.4, -0.2) is 29.6 Å². The van der Waals surface area contributed by atoms with Gasteiger partial charge in [0.2, 0.25) is 0 Å². The number of hydrogen-bond acceptors (Lipinski definition) is 3. The Morgan fingerprint density at radius 2 is 2.41 bits per heavy atom. The molecule has 4 nitrogen and oxygen atoms in total. The highest BCUT2D eigenvalue weighted by molar-refractivity contribution is 9.10. The molecule has 1 aliphatic rings. The predicted molar refractivity (Wildman–Crippen MR) is 67.8 cm³/mol. The average molecular weight is 299 g/mol. The Kier molecular flexibility index (Phi) is 4.12. The van der Waals surface area contributed by atoms with Crippen LogP contribution in [0.1, 0.15) is 30.1 Å². The molecule has 2 unspecified atom stereocenters. The van der Waals surface area contributed by atoms with E-state index in [4.69, 9.17) is 4.74 Å². The van der Waals surface area contributed by atoms with Gasteiger partial charge in [0, 0.05) is 29.5 Å². The standard InChI is InChI=1S/C12H15BrN2O2/c1-8-4-11(2-3-17-8)15-12(16)9-5-10(13)7-14-6-9/h5-8,11H,2-4H2,1H3,(H,15,16). The molecule has 1 aliphatic heterocycles. The summed E-state index contributed by atoms with van der Waals surface area (Å²) in [4.78, 5) is 15.9. The van der Waals surface area contributed by atoms with E-state index in [1.54, 1.807) is 18.5 Å². The number of nitrogens with one attached hydrogen (secondary N) is 1. The Morgan fingerprint density at radius 3 is 3.12 bits per heavy atom. The van der Waals surface area contributed by atoms with Gasteiger partial charge in [0.25, 0.3) is 5.91 Å². The molecule has 1 aromatic rings. The molecule has 2 heterocycles. The van der Waals surface area contributed by atoms with Gasteiger partial charge in [-0.1, -0.05) is 0 Å². The maximum Gasteiger partial charge on any atom is 0.253 e. The molecular formula is C12H15BrN2O2. The number of halogens is 1. The van der Waals surface area contributed by atoms with E-state index in [0.717, 1.165) is 17.3 Å². The van der Waals surface area contributed by atoms with Gasteiger partial charge in [-0.15, -0.1) is 0 Å². The molecule has 0 bridgehead atoms. The van der Waals surface area contributed by atoms with Crippen LogP contribution in [-0.2, 0) is 4.74 Å². The van der Waals surface area contributed by atoms with E-state index in [-0.39, 0.29) is 18.1 Å². The molecular weight excluding hydrogens is 284 g/mol. The monoisotopic (exact) mass is 298 g/mol. The summed E-state index contributed by atoms with van der Waals surface area (Å²) in [5.74, 6) is -0.0714. The quantitative estimate of drug-likeness (QED) is 0.910. The lowest BCUT2D eigenvalue weighted by Crippen LogP contribution is -2.41. The third kappa shape index (κ3) is 3.51. The fraction of sp³-hybridized carbons (Fsp3) is 0.500. The average Bonchev–Trinajstić information content (AvgIpc) is 2.29. The van der Waals surface area contributed by atoms with Gasteiger partial charge in [-0.05, 0) is 41.8 Å². The molecule has 17 heavy (non-hydrogen) atoms. The summed E-state index contributed by atoms with van der Waals surface area (Å²) in [6.07, 6.45) is 5.19. The Morgan fingerprint density at radius 1 is 1.59 bits per heavy atom. The first kappa shape index (κ1) is 12.5. The van der Waals surface area contributed by atoms with Crippen molar-refractivity contribution in [2.45, 2.75) is 31.9 Å². The summed E-state index contributed by atoms with van der Waals surface area (Å²) in [7, 11) is 0. The third-order valence-corrected chi connectivity index (χ3v) is 3.22. The van der Waals surface area contributed by atoms with Crippen molar-refractivity contribution >= 4 is 21.8 Å². The van der Waals surface area contributed by atoms with E-state index >= 15 is 0 Å². The molecule has 1 saturated heterocycles. The zero-order valence-electron chi connectivity index (χ0n) is 9.65. The highest BCUT2D eigenvalue weighted by Crippen LogP contribution is 2.14. The highest BCUT2D eigenvalue weighted by atomic mass is 79.9. The van der Waals surface area contributed by atoms with Crippen LogP contribution in [0, 0.1) is 0 Å². The summed E-state index contributed by atoms with van der Waals surface area (Å²) in [6.45, 7) is 2.74. The summed E-state index contributed by atoms with van der Waals surface area (Å²) in [5.41, 5.74) is 0.582. The number of amides is 1. The van der Waals surface area contributed by atoms with Crippen molar-refractivity contribution in [3.05, 3.63) is 28.5 Å². The van der Waals surface area contributed by atoms with Crippen molar-refractivity contribution in [1.82, 2.24) is 10.3 Å². The first-order valence-electron chi connectivity index (χ1n) is 5.68. The Balaban J connectivity index is 1.97. The zero-order chi connectivity index (χ0) is 12.3. The molecule has 1 aromatic heterocycles. The van der Waals surface area contributed by atoms with Crippen LogP contribution in [0.25, 0.3) is 0 Å². The van der Waals surface area contributed by atoms with Gasteiger partial charge in [0.05, 0.1) is 11.7 Å². The van der Waals surface area contributed by atoms with Crippen LogP contribution >= 0.6 is 15.9 Å². The molecule has 0 aromatic carbocycles. The summed E-state index contributed by atoms with van der Waals surface area (Å²) < 4.78 is 6.25. The van der Waals surface area contributed by atoms with E-state index in [9.17, 15) is 4.79 Å². The molecule has 0 spiro atoms. The van der Waals surface area contributed by atoms with Crippen LogP contribution in [0.5, 0.6) is 0 Å². The van der Waals surface area contributed by atoms with Crippen LogP contribution in [0.3, 0.4) is 0 Å². The lowest BCUT2D eigenvalue weighted by Gasteiger charge is -2.27. The topological polar surface area (TPSA) is 51.2 Å². The molecule has 0 radical (unpaired) electrons. The van der Waals surface area contributed by atoms with Crippen LogP contribution in [0.2, 0.25) is 0 Å². The first-order chi connectivity index (χ1) is 8.15. The molecule has 2 atom stereocenters. The number of carbonyl (C=O) groups excluding carboxylic acids is 1. The second-order valence-corrected chi connectivity index (χ2v) is 5.18. The molecule has 1 N–H and O–H groups in total. The van der Waals surface area contributed by atoms with Crippen LogP contribution in [0.4, 0.5) is 0 Å². The molecule has 0 saturated carbocycles. The summed E-state index contributed by atoms with van der Waals surface area (Å²) in [6, 6.07) is 1.97. The summed E-state index contributed by atoms with van der Waals surface area (Å²) in [5, 5.41) is 3.01. The fourth-order valence-electron chi connectivity index (χ4n) is 1.93. The van der Waals surface area contributed by atoms with Crippen molar-refractivity contribution < 1.29 is 9.53 Å². The van der Waals surface area contributed by atoms with Crippen LogP contribution in [0.15, 0.2) is 22.9 Å². The van der Waals surface area contributed by atoms with E-state index in [1.165, 1.54) is 0 Å². The minimum Gasteiger partial charge on any atom is -0.378 e. The predicted octanol–water partition coefficient (Wildman–Crippen LogP) is 2.14. The second kappa shape index (κ2) is 5.60. The fourth-order valence-corrected chi connectivity index (χ4v) is 2.30. The van der Waals surface area contributed by atoms with Gasteiger partial charge in [0.1, 0.15) is 0 Å². The largest absolute Gasteiger partial charge is 0.378 e. The number of pyridine rings is 1. The number of ether oxygens (including phenoxy) is 1. The Bertz CT molecular complexity index is 411. The molecule has 1 fully saturated rings. The molecule has 5 heteroatoms. The lowest BCUT2D eigenvalue weighted by molar-refractivity contribution is 0.0136. The Hall–Kier alpha value is -0.940.